The van der Waals surface area contributed by atoms with E-state index in [2.05, 4.69) is 40.0 Å². The summed E-state index contributed by atoms with van der Waals surface area (Å²) in [5.74, 6) is 6.53. The largest absolute Gasteiger partial charge is 0.382 e. The van der Waals surface area contributed by atoms with E-state index < -0.39 is 6.10 Å². The van der Waals surface area contributed by atoms with Crippen molar-refractivity contribution < 1.29 is 10.5 Å². The molecule has 6 rings (SSSR count). The Balaban J connectivity index is 1.43. The van der Waals surface area contributed by atoms with Crippen LogP contribution in [0.2, 0.25) is 0 Å². The second-order valence-electron chi connectivity index (χ2n) is 10.2. The number of fused-ring (bicyclic) bond motifs is 2. The maximum atomic E-state index is 11.2. The Labute approximate surface area is 232 Å². The number of hydrogen-bond acceptors (Lipinski definition) is 4. The van der Waals surface area contributed by atoms with Crippen LogP contribution in [-0.4, -0.2) is 25.5 Å². The van der Waals surface area contributed by atoms with Crippen LogP contribution in [-0.2, 0) is 12.8 Å². The Hall–Kier alpha value is -4.69. The van der Waals surface area contributed by atoms with Crippen LogP contribution >= 0.6 is 0 Å². The number of rotatable bonds is 6. The Morgan fingerprint density at radius 1 is 1.07 bits per heavy atom. The van der Waals surface area contributed by atoms with Gasteiger partial charge >= 0.3 is 5.84 Å². The Morgan fingerprint density at radius 2 is 1.85 bits per heavy atom. The van der Waals surface area contributed by atoms with E-state index in [-0.39, 0.29) is 11.9 Å². The summed E-state index contributed by atoms with van der Waals surface area (Å²) in [4.78, 5) is 10.0. The molecule has 5 aromatic rings. The minimum absolute atomic E-state index is 0.109. The molecule has 3 aromatic carbocycles. The van der Waals surface area contributed by atoms with Gasteiger partial charge in [-0.3, -0.25) is 11.3 Å². The molecule has 0 amide bonds. The maximum Gasteiger partial charge on any atom is 0.351 e. The van der Waals surface area contributed by atoms with Crippen LogP contribution in [0.1, 0.15) is 64.8 Å². The lowest BCUT2D eigenvalue weighted by atomic mass is 9.95. The van der Waals surface area contributed by atoms with Crippen LogP contribution in [0.4, 0.5) is 0 Å². The lowest BCUT2D eigenvalue weighted by Crippen LogP contribution is -2.39. The topological polar surface area (TPSA) is 127 Å². The van der Waals surface area contributed by atoms with Crippen LogP contribution in [0, 0.1) is 6.92 Å². The summed E-state index contributed by atoms with van der Waals surface area (Å²) in [5, 5.41) is 24.5. The average molecular weight is 531 g/mol. The molecule has 0 radical (unpaired) electrons. The fourth-order valence-corrected chi connectivity index (χ4v) is 5.91. The van der Waals surface area contributed by atoms with Gasteiger partial charge in [-0.05, 0) is 65.3 Å². The SMILES string of the molecule is CCc1nc2c(C)cc([C@@H](O)c3ccccc3)nc2n1C1CCc2cc(-c3ccccc3C(=[NH2+])N=NN)ccc21. The number of aliphatic hydroxyl groups excluding tert-OH is 1. The number of imidazole rings is 1. The quantitative estimate of drug-likeness (QED) is 0.0987. The molecular formula is C32H32N7O+. The van der Waals surface area contributed by atoms with Crippen molar-refractivity contribution in [2.24, 2.45) is 16.2 Å². The predicted molar refractivity (Wildman–Crippen MR) is 156 cm³/mol. The molecule has 1 aliphatic carbocycles. The third kappa shape index (κ3) is 4.36. The molecule has 0 aliphatic heterocycles. The van der Waals surface area contributed by atoms with Gasteiger partial charge in [0.05, 0.1) is 22.4 Å². The fourth-order valence-electron chi connectivity index (χ4n) is 5.91. The first-order chi connectivity index (χ1) is 19.5. The highest BCUT2D eigenvalue weighted by Crippen LogP contribution is 2.40. The van der Waals surface area contributed by atoms with Crippen LogP contribution in [0.3, 0.4) is 0 Å². The lowest BCUT2D eigenvalue weighted by molar-refractivity contribution is -0.114. The lowest BCUT2D eigenvalue weighted by Gasteiger charge is -2.19. The molecule has 2 atom stereocenters. The first kappa shape index (κ1) is 25.6. The molecule has 40 heavy (non-hydrogen) atoms. The van der Waals surface area contributed by atoms with Gasteiger partial charge in [-0.1, -0.05) is 73.7 Å². The van der Waals surface area contributed by atoms with Gasteiger partial charge in [-0.2, -0.15) is 0 Å². The zero-order valence-electron chi connectivity index (χ0n) is 22.6. The molecule has 0 fully saturated rings. The highest BCUT2D eigenvalue weighted by atomic mass is 16.3. The number of hydrogen-bond donors (Lipinski definition) is 3. The number of amidine groups is 1. The number of nitrogens with zero attached hydrogens (tertiary/aromatic N) is 5. The van der Waals surface area contributed by atoms with Crippen molar-refractivity contribution in [3.05, 3.63) is 118 Å². The first-order valence-electron chi connectivity index (χ1n) is 13.6. The molecule has 8 nitrogen and oxygen atoms in total. The average Bonchev–Trinajstić information content (AvgIpc) is 3.58. The number of aromatic nitrogens is 3. The van der Waals surface area contributed by atoms with E-state index >= 15 is 0 Å². The van der Waals surface area contributed by atoms with Crippen LogP contribution < -0.4 is 11.3 Å². The monoisotopic (exact) mass is 530 g/mol. The number of benzene rings is 3. The van der Waals surface area contributed by atoms with E-state index in [1.54, 1.807) is 0 Å². The fraction of sp³-hybridized carbons (Fsp3) is 0.219. The molecule has 0 spiro atoms. The van der Waals surface area contributed by atoms with E-state index in [1.165, 1.54) is 11.1 Å². The number of aryl methyl sites for hydroxylation is 3. The van der Waals surface area contributed by atoms with Crippen molar-refractivity contribution in [1.29, 1.82) is 0 Å². The van der Waals surface area contributed by atoms with E-state index in [4.69, 9.17) is 21.2 Å². The molecule has 5 N–H and O–H groups in total. The normalized spacial score (nSPS) is 15.5. The Kier molecular flexibility index (Phi) is 6.69. The van der Waals surface area contributed by atoms with Crippen LogP contribution in [0.15, 0.2) is 89.2 Å². The van der Waals surface area contributed by atoms with Crippen molar-refractivity contribution in [3.63, 3.8) is 0 Å². The van der Waals surface area contributed by atoms with Gasteiger partial charge in [0.2, 0.25) is 0 Å². The van der Waals surface area contributed by atoms with Crippen LogP contribution in [0.25, 0.3) is 22.3 Å². The molecule has 1 aliphatic rings. The Bertz CT molecular complexity index is 1760. The minimum atomic E-state index is -0.806. The molecule has 8 heteroatoms. The van der Waals surface area contributed by atoms with E-state index in [0.29, 0.717) is 5.69 Å². The molecule has 0 bridgehead atoms. The molecule has 0 saturated heterocycles. The molecule has 1 unspecified atom stereocenters. The van der Waals surface area contributed by atoms with Crippen molar-refractivity contribution in [2.75, 3.05) is 0 Å². The van der Waals surface area contributed by atoms with Gasteiger partial charge in [0, 0.05) is 11.6 Å². The second-order valence-corrected chi connectivity index (χ2v) is 10.2. The molecule has 2 aromatic heterocycles. The van der Waals surface area contributed by atoms with E-state index in [1.807, 2.05) is 67.6 Å². The maximum absolute atomic E-state index is 11.2. The van der Waals surface area contributed by atoms with Crippen molar-refractivity contribution in [1.82, 2.24) is 14.5 Å². The Morgan fingerprint density at radius 3 is 2.62 bits per heavy atom. The predicted octanol–water partition coefficient (Wildman–Crippen LogP) is 4.42. The highest BCUT2D eigenvalue weighted by molar-refractivity contribution is 6.01. The summed E-state index contributed by atoms with van der Waals surface area (Å²) in [6.45, 7) is 4.17. The van der Waals surface area contributed by atoms with Gasteiger partial charge in [0.1, 0.15) is 17.4 Å². The van der Waals surface area contributed by atoms with E-state index in [9.17, 15) is 5.11 Å². The summed E-state index contributed by atoms with van der Waals surface area (Å²) >= 11 is 0. The van der Waals surface area contributed by atoms with Gasteiger partial charge in [0.25, 0.3) is 0 Å². The third-order valence-electron chi connectivity index (χ3n) is 7.82. The highest BCUT2D eigenvalue weighted by Gasteiger charge is 2.29. The minimum Gasteiger partial charge on any atom is -0.382 e. The van der Waals surface area contributed by atoms with E-state index in [0.717, 1.165) is 64.1 Å². The summed E-state index contributed by atoms with van der Waals surface area (Å²) in [5.41, 5.74) is 9.58. The summed E-state index contributed by atoms with van der Waals surface area (Å²) in [6.07, 6.45) is 1.86. The van der Waals surface area contributed by atoms with Crippen molar-refractivity contribution in [3.8, 4) is 11.1 Å². The van der Waals surface area contributed by atoms with Gasteiger partial charge in [-0.25, -0.2) is 9.97 Å². The van der Waals surface area contributed by atoms with Gasteiger partial charge < -0.3 is 9.67 Å². The zero-order chi connectivity index (χ0) is 27.8. The molecule has 200 valence electrons. The molecular weight excluding hydrogens is 498 g/mol. The summed E-state index contributed by atoms with van der Waals surface area (Å²) in [7, 11) is 0. The second kappa shape index (κ2) is 10.5. The number of nitrogens with two attached hydrogens (primary N) is 2. The van der Waals surface area contributed by atoms with Gasteiger partial charge in [0.15, 0.2) is 5.65 Å². The number of pyridine rings is 1. The molecule has 0 saturated carbocycles. The van der Waals surface area contributed by atoms with Gasteiger partial charge in [-0.15, -0.1) is 0 Å². The zero-order valence-corrected chi connectivity index (χ0v) is 22.6. The van der Waals surface area contributed by atoms with Crippen LogP contribution in [0.5, 0.6) is 0 Å². The summed E-state index contributed by atoms with van der Waals surface area (Å²) in [6, 6.07) is 26.2. The van der Waals surface area contributed by atoms with Crippen molar-refractivity contribution >= 4 is 17.0 Å². The summed E-state index contributed by atoms with van der Waals surface area (Å²) < 4.78 is 2.29. The standard InChI is InChI=1S/C32H31N7O/c1-3-28-36-29-19(2)17-26(30(40)20-9-5-4-6-10-20)35-32(29)39(28)27-16-14-22-18-21(13-15-24(22)27)23-11-7-8-12-25(23)31(33)37-38-34/h4-13,15,17-18,27,30,40H,3,14,16H2,1-2H3,(H3,33,34,37)/p+1/t27?,30-/m0/s1. The first-order valence-corrected chi connectivity index (χ1v) is 13.6. The third-order valence-corrected chi connectivity index (χ3v) is 7.82. The number of aliphatic hydroxyl groups is 1. The molecule has 2 heterocycles. The smallest absolute Gasteiger partial charge is 0.351 e. The van der Waals surface area contributed by atoms with Crippen molar-refractivity contribution in [2.45, 2.75) is 45.3 Å².